The number of carbonyl (C=O) groups excluding carboxylic acids is 2. The Bertz CT molecular complexity index is 599. The Morgan fingerprint density at radius 2 is 1.18 bits per heavy atom. The molecule has 0 bridgehead atoms. The molecule has 4 heteroatoms. The summed E-state index contributed by atoms with van der Waals surface area (Å²) in [6.07, 6.45) is 17.7. The molecule has 1 unspecified atom stereocenters. The van der Waals surface area contributed by atoms with Crippen LogP contribution < -0.4 is 0 Å². The SMILES string of the molecule is CCCCCCCCCCOC(=O)CCCCCCCCC(=O)OC(CC)c1ccccc1. The lowest BCUT2D eigenvalue weighted by molar-refractivity contribution is -0.150. The van der Waals surface area contributed by atoms with E-state index in [9.17, 15) is 9.59 Å². The molecule has 0 heterocycles. The van der Waals surface area contributed by atoms with Crippen molar-refractivity contribution >= 4 is 11.9 Å². The van der Waals surface area contributed by atoms with Crippen LogP contribution in [0.4, 0.5) is 0 Å². The van der Waals surface area contributed by atoms with Gasteiger partial charge in [-0.25, -0.2) is 0 Å². The van der Waals surface area contributed by atoms with E-state index in [-0.39, 0.29) is 18.0 Å². The Balaban J connectivity index is 1.90. The normalized spacial score (nSPS) is 11.8. The molecule has 33 heavy (non-hydrogen) atoms. The van der Waals surface area contributed by atoms with E-state index < -0.39 is 0 Å². The molecule has 4 nitrogen and oxygen atoms in total. The topological polar surface area (TPSA) is 52.6 Å². The molecule has 0 saturated carbocycles. The summed E-state index contributed by atoms with van der Waals surface area (Å²) in [6, 6.07) is 9.94. The number of unbranched alkanes of at least 4 members (excludes halogenated alkanes) is 12. The summed E-state index contributed by atoms with van der Waals surface area (Å²) in [5, 5.41) is 0. The first kappa shape index (κ1) is 29.2. The van der Waals surface area contributed by atoms with E-state index in [4.69, 9.17) is 9.47 Å². The van der Waals surface area contributed by atoms with Crippen LogP contribution in [0.2, 0.25) is 0 Å². The molecule has 1 atom stereocenters. The lowest BCUT2D eigenvalue weighted by atomic mass is 10.1. The zero-order chi connectivity index (χ0) is 24.0. The minimum Gasteiger partial charge on any atom is -0.466 e. The third-order valence-corrected chi connectivity index (χ3v) is 6.09. The van der Waals surface area contributed by atoms with Crippen molar-refractivity contribution in [1.82, 2.24) is 0 Å². The van der Waals surface area contributed by atoms with Gasteiger partial charge in [0, 0.05) is 12.8 Å². The van der Waals surface area contributed by atoms with E-state index in [1.54, 1.807) is 0 Å². The zero-order valence-corrected chi connectivity index (χ0v) is 21.3. The fourth-order valence-electron chi connectivity index (χ4n) is 4.01. The maximum Gasteiger partial charge on any atom is 0.306 e. The van der Waals surface area contributed by atoms with E-state index in [1.165, 1.54) is 38.5 Å². The molecule has 0 amide bonds. The number of ether oxygens (including phenoxy) is 2. The summed E-state index contributed by atoms with van der Waals surface area (Å²) >= 11 is 0. The van der Waals surface area contributed by atoms with Gasteiger partial charge in [-0.2, -0.15) is 0 Å². The highest BCUT2D eigenvalue weighted by Crippen LogP contribution is 2.21. The second-order valence-corrected chi connectivity index (χ2v) is 9.11. The quantitative estimate of drug-likeness (QED) is 0.136. The number of rotatable bonds is 21. The van der Waals surface area contributed by atoms with Gasteiger partial charge in [0.05, 0.1) is 6.61 Å². The highest BCUT2D eigenvalue weighted by molar-refractivity contribution is 5.69. The maximum absolute atomic E-state index is 12.1. The molecule has 0 N–H and O–H groups in total. The van der Waals surface area contributed by atoms with Gasteiger partial charge in [-0.15, -0.1) is 0 Å². The van der Waals surface area contributed by atoms with Crippen LogP contribution in [0.5, 0.6) is 0 Å². The highest BCUT2D eigenvalue weighted by atomic mass is 16.5. The largest absolute Gasteiger partial charge is 0.466 e. The molecule has 1 aromatic carbocycles. The van der Waals surface area contributed by atoms with Gasteiger partial charge < -0.3 is 9.47 Å². The van der Waals surface area contributed by atoms with Crippen LogP contribution >= 0.6 is 0 Å². The summed E-state index contributed by atoms with van der Waals surface area (Å²) in [4.78, 5) is 23.9. The maximum atomic E-state index is 12.1. The van der Waals surface area contributed by atoms with Gasteiger partial charge in [0.25, 0.3) is 0 Å². The second-order valence-electron chi connectivity index (χ2n) is 9.11. The Hall–Kier alpha value is -1.84. The molecule has 1 rings (SSSR count). The van der Waals surface area contributed by atoms with Gasteiger partial charge in [0.15, 0.2) is 0 Å². The molecule has 0 spiro atoms. The lowest BCUT2D eigenvalue weighted by Gasteiger charge is -2.16. The van der Waals surface area contributed by atoms with Crippen molar-refractivity contribution in [2.75, 3.05) is 6.61 Å². The minimum atomic E-state index is -0.144. The predicted molar refractivity (Wildman–Crippen MR) is 136 cm³/mol. The predicted octanol–water partition coefficient (Wildman–Crippen LogP) is 8.49. The van der Waals surface area contributed by atoms with Gasteiger partial charge in [0.2, 0.25) is 0 Å². The Kier molecular flexibility index (Phi) is 18.4. The van der Waals surface area contributed by atoms with E-state index in [1.807, 2.05) is 37.3 Å². The standard InChI is InChI=1S/C29H48O4/c1-3-5-6-7-8-11-14-20-25-32-28(30)23-18-12-9-10-13-19-24-29(31)33-27(4-2)26-21-16-15-17-22-26/h15-17,21-22,27H,3-14,18-20,23-25H2,1-2H3. The first-order chi connectivity index (χ1) is 16.2. The van der Waals surface area contributed by atoms with Crippen molar-refractivity contribution in [2.45, 2.75) is 129 Å². The summed E-state index contributed by atoms with van der Waals surface area (Å²) in [7, 11) is 0. The summed E-state index contributed by atoms with van der Waals surface area (Å²) in [5.41, 5.74) is 1.06. The molecular weight excluding hydrogens is 412 g/mol. The molecular formula is C29H48O4. The number of esters is 2. The van der Waals surface area contributed by atoms with Gasteiger partial charge in [-0.3, -0.25) is 9.59 Å². The monoisotopic (exact) mass is 460 g/mol. The average Bonchev–Trinajstić information content (AvgIpc) is 2.83. The van der Waals surface area contributed by atoms with Crippen molar-refractivity contribution in [1.29, 1.82) is 0 Å². The minimum absolute atomic E-state index is 0.0513. The first-order valence-corrected chi connectivity index (χ1v) is 13.6. The summed E-state index contributed by atoms with van der Waals surface area (Å²) in [6.45, 7) is 4.86. The van der Waals surface area contributed by atoms with Crippen molar-refractivity contribution in [3.05, 3.63) is 35.9 Å². The van der Waals surface area contributed by atoms with Crippen molar-refractivity contribution < 1.29 is 19.1 Å². The van der Waals surface area contributed by atoms with Crippen LogP contribution in [-0.4, -0.2) is 18.5 Å². The summed E-state index contributed by atoms with van der Waals surface area (Å²) in [5.74, 6) is -0.158. The van der Waals surface area contributed by atoms with E-state index in [0.717, 1.165) is 63.4 Å². The van der Waals surface area contributed by atoms with Gasteiger partial charge in [-0.1, -0.05) is 115 Å². The molecule has 0 aliphatic carbocycles. The van der Waals surface area contributed by atoms with Crippen molar-refractivity contribution in [2.24, 2.45) is 0 Å². The molecule has 0 aromatic heterocycles. The smallest absolute Gasteiger partial charge is 0.306 e. The van der Waals surface area contributed by atoms with Crippen LogP contribution in [0.3, 0.4) is 0 Å². The molecule has 0 aliphatic rings. The van der Waals surface area contributed by atoms with Gasteiger partial charge >= 0.3 is 11.9 Å². The van der Waals surface area contributed by atoms with Crippen molar-refractivity contribution in [3.8, 4) is 0 Å². The fraction of sp³-hybridized carbons (Fsp3) is 0.724. The van der Waals surface area contributed by atoms with Crippen LogP contribution in [0.1, 0.15) is 135 Å². The van der Waals surface area contributed by atoms with Crippen LogP contribution in [-0.2, 0) is 19.1 Å². The molecule has 0 aliphatic heterocycles. The molecule has 0 radical (unpaired) electrons. The van der Waals surface area contributed by atoms with Crippen LogP contribution in [0, 0.1) is 0 Å². The first-order valence-electron chi connectivity index (χ1n) is 13.6. The molecule has 0 fully saturated rings. The Morgan fingerprint density at radius 1 is 0.667 bits per heavy atom. The third kappa shape index (κ3) is 16.4. The van der Waals surface area contributed by atoms with Crippen LogP contribution in [0.15, 0.2) is 30.3 Å². The second kappa shape index (κ2) is 20.7. The molecule has 188 valence electrons. The van der Waals surface area contributed by atoms with E-state index in [2.05, 4.69) is 6.92 Å². The lowest BCUT2D eigenvalue weighted by Crippen LogP contribution is -2.10. The fourth-order valence-corrected chi connectivity index (χ4v) is 4.01. The molecule has 0 saturated heterocycles. The van der Waals surface area contributed by atoms with Gasteiger partial charge in [0.1, 0.15) is 6.10 Å². The number of carbonyl (C=O) groups is 2. The zero-order valence-electron chi connectivity index (χ0n) is 21.3. The number of benzene rings is 1. The van der Waals surface area contributed by atoms with E-state index >= 15 is 0 Å². The summed E-state index contributed by atoms with van der Waals surface area (Å²) < 4.78 is 11.0. The van der Waals surface area contributed by atoms with Crippen LogP contribution in [0.25, 0.3) is 0 Å². The average molecular weight is 461 g/mol. The number of hydrogen-bond donors (Lipinski definition) is 0. The Labute approximate surface area is 202 Å². The van der Waals surface area contributed by atoms with Gasteiger partial charge in [-0.05, 0) is 31.2 Å². The number of hydrogen-bond acceptors (Lipinski definition) is 4. The molecule has 1 aromatic rings. The third-order valence-electron chi connectivity index (χ3n) is 6.09. The van der Waals surface area contributed by atoms with Crippen molar-refractivity contribution in [3.63, 3.8) is 0 Å². The van der Waals surface area contributed by atoms with E-state index in [0.29, 0.717) is 19.4 Å². The highest BCUT2D eigenvalue weighted by Gasteiger charge is 2.14. The Morgan fingerprint density at radius 3 is 1.76 bits per heavy atom.